The van der Waals surface area contributed by atoms with Gasteiger partial charge in [0.15, 0.2) is 0 Å². The lowest BCUT2D eigenvalue weighted by molar-refractivity contribution is -0.122. The Morgan fingerprint density at radius 1 is 1.20 bits per heavy atom. The number of methoxy groups -OCH3 is 1. The van der Waals surface area contributed by atoms with E-state index in [0.717, 1.165) is 24.1 Å². The summed E-state index contributed by atoms with van der Waals surface area (Å²) in [5.74, 6) is 5.98. The molecule has 0 saturated carbocycles. The second-order valence-corrected chi connectivity index (χ2v) is 8.60. The van der Waals surface area contributed by atoms with Gasteiger partial charge in [-0.05, 0) is 36.2 Å². The van der Waals surface area contributed by atoms with E-state index in [-0.39, 0.29) is 12.5 Å². The molecular weight excluding hydrogens is 446 g/mol. The molecule has 2 aromatic carbocycles. The number of urea groups is 1. The molecule has 0 aromatic heterocycles. The Labute approximate surface area is 203 Å². The van der Waals surface area contributed by atoms with E-state index >= 15 is 0 Å². The Balaban J connectivity index is 1.57. The molecule has 0 aliphatic carbocycles. The molecule has 1 unspecified atom stereocenters. The molecule has 2 aliphatic rings. The summed E-state index contributed by atoms with van der Waals surface area (Å²) in [4.78, 5) is 41.2. The Kier molecular flexibility index (Phi) is 6.47. The van der Waals surface area contributed by atoms with Crippen molar-refractivity contribution in [3.8, 4) is 17.6 Å². The molecule has 0 radical (unpaired) electrons. The molecule has 1 fully saturated rings. The third kappa shape index (κ3) is 4.68. The molecule has 2 aliphatic heterocycles. The van der Waals surface area contributed by atoms with Gasteiger partial charge >= 0.3 is 6.03 Å². The van der Waals surface area contributed by atoms with Crippen LogP contribution in [-0.2, 0) is 11.3 Å². The van der Waals surface area contributed by atoms with Crippen LogP contribution in [0.5, 0.6) is 5.75 Å². The number of hydrogen-bond acceptors (Lipinski definition) is 5. The van der Waals surface area contributed by atoms with Crippen molar-refractivity contribution < 1.29 is 19.1 Å². The number of carbonyl (C=O) groups excluding carboxylic acids is 3. The number of imide groups is 1. The molecule has 2 heterocycles. The highest BCUT2D eigenvalue weighted by Crippen LogP contribution is 2.28. The number of amides is 4. The lowest BCUT2D eigenvalue weighted by atomic mass is 9.99. The molecule has 180 valence electrons. The molecule has 9 heteroatoms. The van der Waals surface area contributed by atoms with Crippen LogP contribution < -0.4 is 15.4 Å². The Bertz CT molecular complexity index is 1260. The van der Waals surface area contributed by atoms with E-state index in [1.54, 1.807) is 36.4 Å². The van der Waals surface area contributed by atoms with Gasteiger partial charge in [-0.15, -0.1) is 0 Å². The van der Waals surface area contributed by atoms with Gasteiger partial charge in [0.25, 0.3) is 11.8 Å². The van der Waals surface area contributed by atoms with Gasteiger partial charge in [0.1, 0.15) is 11.6 Å². The lowest BCUT2D eigenvalue weighted by Crippen LogP contribution is -2.54. The second-order valence-electron chi connectivity index (χ2n) is 8.60. The van der Waals surface area contributed by atoms with Crippen LogP contribution in [0.1, 0.15) is 40.4 Å². The first-order chi connectivity index (χ1) is 16.8. The third-order valence-corrected chi connectivity index (χ3v) is 6.08. The Hall–Kier alpha value is -4.32. The van der Waals surface area contributed by atoms with Gasteiger partial charge in [-0.25, -0.2) is 4.79 Å². The van der Waals surface area contributed by atoms with Crippen LogP contribution in [0.25, 0.3) is 0 Å². The number of nitrogens with zero attached hydrogens (tertiary/aromatic N) is 2. The zero-order valence-corrected chi connectivity index (χ0v) is 19.9. The monoisotopic (exact) mass is 473 g/mol. The first-order valence-electron chi connectivity index (χ1n) is 11.3. The summed E-state index contributed by atoms with van der Waals surface area (Å²) in [5, 5.41) is 13.1. The highest BCUT2D eigenvalue weighted by molar-refractivity contribution is 6.10. The first-order valence-corrected chi connectivity index (χ1v) is 11.3. The fraction of sp³-hybridized carbons (Fsp3) is 0.308. The summed E-state index contributed by atoms with van der Waals surface area (Å²) in [5.41, 5.74) is 1.11. The van der Waals surface area contributed by atoms with Crippen LogP contribution >= 0.6 is 0 Å². The largest absolute Gasteiger partial charge is 0.497 e. The Morgan fingerprint density at radius 2 is 1.94 bits per heavy atom. The van der Waals surface area contributed by atoms with Crippen LogP contribution in [0.3, 0.4) is 0 Å². The van der Waals surface area contributed by atoms with Gasteiger partial charge in [0, 0.05) is 36.8 Å². The van der Waals surface area contributed by atoms with Gasteiger partial charge in [0.05, 0.1) is 13.7 Å². The van der Waals surface area contributed by atoms with Gasteiger partial charge in [-0.1, -0.05) is 37.0 Å². The van der Waals surface area contributed by atoms with Crippen molar-refractivity contribution in [3.05, 3.63) is 64.7 Å². The zero-order chi connectivity index (χ0) is 25.2. The van der Waals surface area contributed by atoms with Crippen LogP contribution in [0.15, 0.2) is 42.5 Å². The highest BCUT2D eigenvalue weighted by atomic mass is 16.5. The fourth-order valence-electron chi connectivity index (χ4n) is 4.17. The molecule has 0 bridgehead atoms. The highest BCUT2D eigenvalue weighted by Gasteiger charge is 2.48. The number of ether oxygens (including phenoxy) is 1. The van der Waals surface area contributed by atoms with Gasteiger partial charge < -0.3 is 19.9 Å². The van der Waals surface area contributed by atoms with Crippen LogP contribution in [0.2, 0.25) is 0 Å². The number of rotatable bonds is 6. The molecule has 0 spiro atoms. The SMILES string of the molecule is CCCN(C)C(=N)c1ccc(C#CC2(CN3Cc4ccc(OC)cc4C3=O)NC(=O)NC2=O)cc1. The molecule has 4 rings (SSSR count). The minimum absolute atomic E-state index is 0.0993. The van der Waals surface area contributed by atoms with Gasteiger partial charge in [-0.3, -0.25) is 20.3 Å². The average molecular weight is 474 g/mol. The van der Waals surface area contributed by atoms with E-state index in [2.05, 4.69) is 29.4 Å². The maximum atomic E-state index is 13.0. The number of nitrogens with one attached hydrogen (secondary N) is 3. The molecule has 2 aromatic rings. The van der Waals surface area contributed by atoms with Crippen LogP contribution in [0.4, 0.5) is 4.79 Å². The van der Waals surface area contributed by atoms with Crippen molar-refractivity contribution in [2.24, 2.45) is 0 Å². The maximum Gasteiger partial charge on any atom is 0.323 e. The van der Waals surface area contributed by atoms with E-state index in [9.17, 15) is 14.4 Å². The van der Waals surface area contributed by atoms with E-state index < -0.39 is 17.5 Å². The molecular formula is C26H27N5O4. The van der Waals surface area contributed by atoms with Crippen molar-refractivity contribution in [2.45, 2.75) is 25.4 Å². The van der Waals surface area contributed by atoms with Crippen molar-refractivity contribution in [1.29, 1.82) is 5.41 Å². The normalized spacial score (nSPS) is 18.4. The predicted octanol–water partition coefficient (Wildman–Crippen LogP) is 1.95. The van der Waals surface area contributed by atoms with Crippen molar-refractivity contribution >= 4 is 23.7 Å². The zero-order valence-electron chi connectivity index (χ0n) is 19.9. The smallest absolute Gasteiger partial charge is 0.323 e. The maximum absolute atomic E-state index is 13.0. The number of amidine groups is 1. The molecule has 35 heavy (non-hydrogen) atoms. The molecule has 1 atom stereocenters. The van der Waals surface area contributed by atoms with Gasteiger partial charge in [-0.2, -0.15) is 0 Å². The lowest BCUT2D eigenvalue weighted by Gasteiger charge is -2.26. The first kappa shape index (κ1) is 23.8. The Morgan fingerprint density at radius 3 is 2.57 bits per heavy atom. The van der Waals surface area contributed by atoms with E-state index in [0.29, 0.717) is 29.3 Å². The van der Waals surface area contributed by atoms with Crippen molar-refractivity contribution in [1.82, 2.24) is 20.4 Å². The number of carbonyl (C=O) groups is 3. The standard InChI is InChI=1S/C26H27N5O4/c1-4-13-30(2)22(27)18-7-5-17(6-8-18)11-12-26(24(33)28-25(34)29-26)16-31-15-19-9-10-20(35-3)14-21(19)23(31)32/h5-10,14,27H,4,13,15-16H2,1-3H3,(H2,28,29,33,34). The van der Waals surface area contributed by atoms with E-state index in [4.69, 9.17) is 10.1 Å². The quantitative estimate of drug-likeness (QED) is 0.257. The summed E-state index contributed by atoms with van der Waals surface area (Å²) in [6.07, 6.45) is 0.941. The second kappa shape index (κ2) is 9.50. The summed E-state index contributed by atoms with van der Waals surface area (Å²) in [7, 11) is 3.40. The van der Waals surface area contributed by atoms with Gasteiger partial charge in [0.2, 0.25) is 5.54 Å². The number of hydrogen-bond donors (Lipinski definition) is 3. The molecule has 3 N–H and O–H groups in total. The summed E-state index contributed by atoms with van der Waals surface area (Å²) < 4.78 is 5.21. The third-order valence-electron chi connectivity index (χ3n) is 6.08. The van der Waals surface area contributed by atoms with E-state index in [1.807, 2.05) is 18.0 Å². The van der Waals surface area contributed by atoms with Crippen LogP contribution in [0, 0.1) is 17.3 Å². The fourth-order valence-corrected chi connectivity index (χ4v) is 4.17. The average Bonchev–Trinajstić information content (AvgIpc) is 3.31. The molecule has 9 nitrogen and oxygen atoms in total. The predicted molar refractivity (Wildman–Crippen MR) is 130 cm³/mol. The number of fused-ring (bicyclic) bond motifs is 1. The van der Waals surface area contributed by atoms with Crippen LogP contribution in [-0.4, -0.2) is 66.3 Å². The molecule has 1 saturated heterocycles. The minimum Gasteiger partial charge on any atom is -0.497 e. The number of benzene rings is 2. The topological polar surface area (TPSA) is 115 Å². The van der Waals surface area contributed by atoms with Crippen molar-refractivity contribution in [2.75, 3.05) is 27.2 Å². The molecule has 4 amide bonds. The summed E-state index contributed by atoms with van der Waals surface area (Å²) in [6.45, 7) is 3.04. The van der Waals surface area contributed by atoms with E-state index in [1.165, 1.54) is 12.0 Å². The van der Waals surface area contributed by atoms with Crippen molar-refractivity contribution in [3.63, 3.8) is 0 Å². The summed E-state index contributed by atoms with van der Waals surface area (Å²) in [6, 6.07) is 11.7. The minimum atomic E-state index is -1.58. The summed E-state index contributed by atoms with van der Waals surface area (Å²) >= 11 is 0.